The van der Waals surface area contributed by atoms with Crippen molar-refractivity contribution in [1.29, 1.82) is 0 Å². The summed E-state index contributed by atoms with van der Waals surface area (Å²) < 4.78 is 26.3. The van der Waals surface area contributed by atoms with Crippen molar-refractivity contribution in [3.05, 3.63) is 5.69 Å². The lowest BCUT2D eigenvalue weighted by Gasteiger charge is -2.14. The maximum Gasteiger partial charge on any atom is 0.261 e. The first-order valence-corrected chi connectivity index (χ1v) is 5.68. The standard InChI is InChI=1S/C7H14N4O2S/c1-5-10(3)14(12,13)7-6(2)8-9-11(7)4/h5H2,1-4H3. The molecular weight excluding hydrogens is 204 g/mol. The molecule has 0 fully saturated rings. The molecule has 1 aromatic heterocycles. The van der Waals surface area contributed by atoms with Crippen LogP contribution in [0, 0.1) is 6.92 Å². The van der Waals surface area contributed by atoms with Gasteiger partial charge in [0.15, 0.2) is 5.03 Å². The fraction of sp³-hybridized carbons (Fsp3) is 0.714. The van der Waals surface area contributed by atoms with Gasteiger partial charge < -0.3 is 0 Å². The molecule has 0 saturated carbocycles. The summed E-state index contributed by atoms with van der Waals surface area (Å²) in [6.45, 7) is 3.83. The van der Waals surface area contributed by atoms with Gasteiger partial charge in [-0.05, 0) is 6.92 Å². The lowest BCUT2D eigenvalue weighted by atomic mass is 10.6. The summed E-state index contributed by atoms with van der Waals surface area (Å²) in [6.07, 6.45) is 0. The second kappa shape index (κ2) is 3.66. The molecule has 14 heavy (non-hydrogen) atoms. The molecule has 0 radical (unpaired) electrons. The summed E-state index contributed by atoms with van der Waals surface area (Å²) in [7, 11) is -0.340. The molecule has 0 atom stereocenters. The van der Waals surface area contributed by atoms with Crippen molar-refractivity contribution in [3.63, 3.8) is 0 Å². The molecule has 0 spiro atoms. The zero-order chi connectivity index (χ0) is 10.9. The van der Waals surface area contributed by atoms with Gasteiger partial charge >= 0.3 is 0 Å². The molecule has 80 valence electrons. The molecule has 0 aliphatic rings. The Bertz CT molecular complexity index is 403. The van der Waals surface area contributed by atoms with Gasteiger partial charge in [0.25, 0.3) is 10.0 Å². The summed E-state index contributed by atoms with van der Waals surface area (Å²) in [4.78, 5) is 0. The molecule has 0 saturated heterocycles. The van der Waals surface area contributed by atoms with Gasteiger partial charge in [0.1, 0.15) is 5.69 Å². The van der Waals surface area contributed by atoms with Crippen molar-refractivity contribution in [2.45, 2.75) is 18.9 Å². The van der Waals surface area contributed by atoms with Crippen LogP contribution in [0.2, 0.25) is 0 Å². The number of sulfonamides is 1. The smallest absolute Gasteiger partial charge is 0.236 e. The molecule has 1 rings (SSSR count). The van der Waals surface area contributed by atoms with Crippen LogP contribution in [-0.2, 0) is 17.1 Å². The van der Waals surface area contributed by atoms with E-state index in [2.05, 4.69) is 10.3 Å². The topological polar surface area (TPSA) is 68.1 Å². The fourth-order valence-corrected chi connectivity index (χ4v) is 2.54. The van der Waals surface area contributed by atoms with E-state index in [1.807, 2.05) is 0 Å². The number of aryl methyl sites for hydroxylation is 2. The predicted molar refractivity (Wildman–Crippen MR) is 51.2 cm³/mol. The third-order valence-corrected chi connectivity index (χ3v) is 4.16. The Morgan fingerprint density at radius 1 is 1.50 bits per heavy atom. The normalized spacial score (nSPS) is 12.4. The molecule has 0 unspecified atom stereocenters. The number of hydrogen-bond donors (Lipinski definition) is 0. The zero-order valence-electron chi connectivity index (χ0n) is 8.72. The molecule has 0 aliphatic carbocycles. The average molecular weight is 218 g/mol. The molecule has 0 aliphatic heterocycles. The van der Waals surface area contributed by atoms with Crippen LogP contribution < -0.4 is 0 Å². The van der Waals surface area contributed by atoms with Crippen molar-refractivity contribution in [3.8, 4) is 0 Å². The minimum absolute atomic E-state index is 0.154. The number of nitrogens with zero attached hydrogens (tertiary/aromatic N) is 4. The maximum absolute atomic E-state index is 11.9. The van der Waals surface area contributed by atoms with Crippen molar-refractivity contribution >= 4 is 10.0 Å². The van der Waals surface area contributed by atoms with Crippen LogP contribution in [-0.4, -0.2) is 41.3 Å². The van der Waals surface area contributed by atoms with E-state index in [1.54, 1.807) is 20.9 Å². The van der Waals surface area contributed by atoms with E-state index in [1.165, 1.54) is 16.0 Å². The summed E-state index contributed by atoms with van der Waals surface area (Å²) >= 11 is 0. The van der Waals surface area contributed by atoms with E-state index in [9.17, 15) is 8.42 Å². The first kappa shape index (κ1) is 11.1. The summed E-state index contributed by atoms with van der Waals surface area (Å²) in [5, 5.41) is 7.52. The third-order valence-electron chi connectivity index (χ3n) is 2.03. The van der Waals surface area contributed by atoms with Crippen LogP contribution in [0.3, 0.4) is 0 Å². The van der Waals surface area contributed by atoms with Crippen molar-refractivity contribution < 1.29 is 8.42 Å². The Labute approximate surface area is 83.6 Å². The third kappa shape index (κ3) is 1.64. The molecule has 0 amide bonds. The fourth-order valence-electron chi connectivity index (χ4n) is 1.12. The number of rotatable bonds is 3. The van der Waals surface area contributed by atoms with Crippen LogP contribution in [0.25, 0.3) is 0 Å². The van der Waals surface area contributed by atoms with E-state index in [0.29, 0.717) is 12.2 Å². The lowest BCUT2D eigenvalue weighted by molar-refractivity contribution is 0.474. The van der Waals surface area contributed by atoms with Gasteiger partial charge in [-0.3, -0.25) is 0 Å². The molecule has 1 aromatic rings. The summed E-state index contributed by atoms with van der Waals surface area (Å²) in [5.41, 5.74) is 0.424. The Kier molecular flexibility index (Phi) is 2.91. The highest BCUT2D eigenvalue weighted by Gasteiger charge is 2.26. The second-order valence-corrected chi connectivity index (χ2v) is 4.98. The molecular formula is C7H14N4O2S. The molecule has 0 N–H and O–H groups in total. The van der Waals surface area contributed by atoms with Gasteiger partial charge in [-0.15, -0.1) is 5.10 Å². The Hall–Kier alpha value is -0.950. The molecule has 0 aromatic carbocycles. The van der Waals surface area contributed by atoms with Gasteiger partial charge in [0, 0.05) is 20.6 Å². The number of aromatic nitrogens is 3. The highest BCUT2D eigenvalue weighted by atomic mass is 32.2. The monoisotopic (exact) mass is 218 g/mol. The van der Waals surface area contributed by atoms with Crippen LogP contribution in [0.5, 0.6) is 0 Å². The van der Waals surface area contributed by atoms with Crippen LogP contribution >= 0.6 is 0 Å². The maximum atomic E-state index is 11.9. The summed E-state index contributed by atoms with van der Waals surface area (Å²) in [5.74, 6) is 0. The SMILES string of the molecule is CCN(C)S(=O)(=O)c1c(C)nnn1C. The molecule has 1 heterocycles. The van der Waals surface area contributed by atoms with Crippen LogP contribution in [0.1, 0.15) is 12.6 Å². The quantitative estimate of drug-likeness (QED) is 0.702. The first-order valence-electron chi connectivity index (χ1n) is 4.24. The van der Waals surface area contributed by atoms with Crippen molar-refractivity contribution in [1.82, 2.24) is 19.3 Å². The van der Waals surface area contributed by atoms with Crippen LogP contribution in [0.15, 0.2) is 5.03 Å². The average Bonchev–Trinajstić information content (AvgIpc) is 2.44. The minimum atomic E-state index is -3.44. The van der Waals surface area contributed by atoms with E-state index in [-0.39, 0.29) is 5.03 Å². The first-order chi connectivity index (χ1) is 6.41. The Morgan fingerprint density at radius 3 is 2.43 bits per heavy atom. The Balaban J connectivity index is 3.30. The second-order valence-electron chi connectivity index (χ2n) is 3.02. The summed E-state index contributed by atoms with van der Waals surface area (Å²) in [6, 6.07) is 0. The van der Waals surface area contributed by atoms with Gasteiger partial charge in [0.2, 0.25) is 0 Å². The highest BCUT2D eigenvalue weighted by Crippen LogP contribution is 2.15. The van der Waals surface area contributed by atoms with Gasteiger partial charge in [-0.2, -0.15) is 4.31 Å². The van der Waals surface area contributed by atoms with Crippen molar-refractivity contribution in [2.24, 2.45) is 7.05 Å². The zero-order valence-corrected chi connectivity index (χ0v) is 9.54. The molecule has 6 nitrogen and oxygen atoms in total. The lowest BCUT2D eigenvalue weighted by Crippen LogP contribution is -2.28. The van der Waals surface area contributed by atoms with E-state index < -0.39 is 10.0 Å². The van der Waals surface area contributed by atoms with E-state index >= 15 is 0 Å². The van der Waals surface area contributed by atoms with E-state index in [4.69, 9.17) is 0 Å². The van der Waals surface area contributed by atoms with Gasteiger partial charge in [-0.1, -0.05) is 12.1 Å². The van der Waals surface area contributed by atoms with Gasteiger partial charge in [-0.25, -0.2) is 13.1 Å². The van der Waals surface area contributed by atoms with Crippen molar-refractivity contribution in [2.75, 3.05) is 13.6 Å². The molecule has 0 bridgehead atoms. The van der Waals surface area contributed by atoms with Crippen LogP contribution in [0.4, 0.5) is 0 Å². The highest BCUT2D eigenvalue weighted by molar-refractivity contribution is 7.89. The minimum Gasteiger partial charge on any atom is -0.236 e. The predicted octanol–water partition coefficient (Wildman–Crippen LogP) is -0.236. The largest absolute Gasteiger partial charge is 0.261 e. The number of hydrogen-bond acceptors (Lipinski definition) is 4. The van der Waals surface area contributed by atoms with Gasteiger partial charge in [0.05, 0.1) is 0 Å². The molecule has 7 heteroatoms. The van der Waals surface area contributed by atoms with E-state index in [0.717, 1.165) is 0 Å². The Morgan fingerprint density at radius 2 is 2.07 bits per heavy atom.